The van der Waals surface area contributed by atoms with Gasteiger partial charge in [0.25, 0.3) is 5.91 Å². The maximum absolute atomic E-state index is 12.0. The smallest absolute Gasteiger partial charge is 0.252 e. The first-order chi connectivity index (χ1) is 9.99. The first kappa shape index (κ1) is 15.2. The normalized spacial score (nSPS) is 10.2. The maximum atomic E-state index is 12.0. The molecule has 0 spiro atoms. The molecule has 0 aliphatic heterocycles. The first-order valence-corrected chi connectivity index (χ1v) is 7.12. The van der Waals surface area contributed by atoms with Crippen LogP contribution in [0.1, 0.15) is 21.7 Å². The van der Waals surface area contributed by atoms with Crippen molar-refractivity contribution in [2.75, 3.05) is 11.9 Å². The summed E-state index contributed by atoms with van der Waals surface area (Å²) in [5, 5.41) is 12.1. The number of carbonyl (C=O) groups is 2. The molecule has 3 N–H and O–H groups in total. The molecule has 6 nitrogen and oxygen atoms in total. The van der Waals surface area contributed by atoms with Crippen molar-refractivity contribution >= 4 is 33.4 Å². The third-order valence-electron chi connectivity index (χ3n) is 2.92. The van der Waals surface area contributed by atoms with E-state index in [1.165, 1.54) is 0 Å². The van der Waals surface area contributed by atoms with E-state index in [0.717, 1.165) is 5.69 Å². The van der Waals surface area contributed by atoms with Crippen LogP contribution in [0.2, 0.25) is 0 Å². The van der Waals surface area contributed by atoms with Gasteiger partial charge in [-0.15, -0.1) is 0 Å². The molecule has 0 saturated carbocycles. The van der Waals surface area contributed by atoms with Crippen LogP contribution in [-0.2, 0) is 4.79 Å². The summed E-state index contributed by atoms with van der Waals surface area (Å²) in [5.41, 5.74) is 2.62. The minimum atomic E-state index is -0.307. The highest BCUT2D eigenvalue weighted by Crippen LogP contribution is 2.16. The number of aromatic amines is 1. The quantitative estimate of drug-likeness (QED) is 0.789. The van der Waals surface area contributed by atoms with E-state index in [-0.39, 0.29) is 18.4 Å². The van der Waals surface area contributed by atoms with Gasteiger partial charge in [0.15, 0.2) is 0 Å². The highest BCUT2D eigenvalue weighted by molar-refractivity contribution is 9.10. The third-order valence-corrected chi connectivity index (χ3v) is 3.61. The topological polar surface area (TPSA) is 86.9 Å². The van der Waals surface area contributed by atoms with Gasteiger partial charge in [-0.25, -0.2) is 0 Å². The number of amides is 2. The Bertz CT molecular complexity index is 662. The summed E-state index contributed by atoms with van der Waals surface area (Å²) in [5.74, 6) is -0.610. The van der Waals surface area contributed by atoms with Crippen LogP contribution < -0.4 is 10.6 Å². The summed E-state index contributed by atoms with van der Waals surface area (Å²) in [6, 6.07) is 7.03. The number of halogens is 1. The number of nitrogens with one attached hydrogen (secondary N) is 3. The predicted molar refractivity (Wildman–Crippen MR) is 83.2 cm³/mol. The Morgan fingerprint density at radius 2 is 2.00 bits per heavy atom. The van der Waals surface area contributed by atoms with Crippen molar-refractivity contribution in [3.63, 3.8) is 0 Å². The zero-order valence-electron chi connectivity index (χ0n) is 11.7. The van der Waals surface area contributed by atoms with Crippen molar-refractivity contribution in [3.05, 3.63) is 45.7 Å². The third kappa shape index (κ3) is 3.69. The summed E-state index contributed by atoms with van der Waals surface area (Å²) in [7, 11) is 0. The monoisotopic (exact) mass is 350 g/mol. The number of H-pyrrole nitrogens is 1. The predicted octanol–water partition coefficient (Wildman–Crippen LogP) is 2.16. The molecule has 0 fully saturated rings. The number of hydrogen-bond donors (Lipinski definition) is 3. The zero-order chi connectivity index (χ0) is 15.4. The van der Waals surface area contributed by atoms with Crippen molar-refractivity contribution in [1.29, 1.82) is 0 Å². The van der Waals surface area contributed by atoms with E-state index in [1.807, 2.05) is 13.0 Å². The molecule has 2 aromatic rings. The molecular formula is C14H15BrN4O2. The Morgan fingerprint density at radius 1 is 1.29 bits per heavy atom. The number of rotatable bonds is 4. The molecule has 2 rings (SSSR count). The molecule has 0 aliphatic rings. The molecule has 7 heteroatoms. The van der Waals surface area contributed by atoms with Gasteiger partial charge in [0.05, 0.1) is 29.2 Å². The highest BCUT2D eigenvalue weighted by Gasteiger charge is 2.13. The molecule has 2 amide bonds. The second kappa shape index (κ2) is 6.53. The Morgan fingerprint density at radius 3 is 2.62 bits per heavy atom. The number of carbonyl (C=O) groups excluding carboxylic acids is 2. The van der Waals surface area contributed by atoms with Crippen LogP contribution in [0.4, 0.5) is 5.69 Å². The molecule has 0 bridgehead atoms. The van der Waals surface area contributed by atoms with Crippen LogP contribution in [0.5, 0.6) is 0 Å². The SMILES string of the molecule is Cc1n[nH]c(C)c1NC(=O)CNC(=O)c1ccccc1Br. The van der Waals surface area contributed by atoms with Gasteiger partial charge in [-0.1, -0.05) is 12.1 Å². The molecule has 1 aromatic carbocycles. The minimum Gasteiger partial charge on any atom is -0.343 e. The van der Waals surface area contributed by atoms with Gasteiger partial charge in [-0.05, 0) is 41.9 Å². The molecule has 0 unspecified atom stereocenters. The second-order valence-electron chi connectivity index (χ2n) is 4.52. The van der Waals surface area contributed by atoms with Gasteiger partial charge < -0.3 is 10.6 Å². The van der Waals surface area contributed by atoms with Gasteiger partial charge >= 0.3 is 0 Å². The van der Waals surface area contributed by atoms with Crippen LogP contribution in [0.25, 0.3) is 0 Å². The van der Waals surface area contributed by atoms with Crippen LogP contribution >= 0.6 is 15.9 Å². The molecule has 0 aliphatic carbocycles. The lowest BCUT2D eigenvalue weighted by molar-refractivity contribution is -0.115. The maximum Gasteiger partial charge on any atom is 0.252 e. The van der Waals surface area contributed by atoms with Crippen LogP contribution in [0.15, 0.2) is 28.7 Å². The fraction of sp³-hybridized carbons (Fsp3) is 0.214. The average Bonchev–Trinajstić information content (AvgIpc) is 2.77. The molecule has 0 saturated heterocycles. The first-order valence-electron chi connectivity index (χ1n) is 6.33. The number of aryl methyl sites for hydroxylation is 2. The highest BCUT2D eigenvalue weighted by atomic mass is 79.9. The molecule has 21 heavy (non-hydrogen) atoms. The number of anilines is 1. The number of nitrogens with zero attached hydrogens (tertiary/aromatic N) is 1. The fourth-order valence-corrected chi connectivity index (χ4v) is 2.28. The molecule has 110 valence electrons. The van der Waals surface area contributed by atoms with E-state index in [0.29, 0.717) is 21.4 Å². The number of aromatic nitrogens is 2. The fourth-order valence-electron chi connectivity index (χ4n) is 1.82. The van der Waals surface area contributed by atoms with E-state index < -0.39 is 0 Å². The van der Waals surface area contributed by atoms with E-state index in [2.05, 4.69) is 36.8 Å². The van der Waals surface area contributed by atoms with Crippen molar-refractivity contribution < 1.29 is 9.59 Å². The van der Waals surface area contributed by atoms with Crippen molar-refractivity contribution in [1.82, 2.24) is 15.5 Å². The lowest BCUT2D eigenvalue weighted by Crippen LogP contribution is -2.33. The van der Waals surface area contributed by atoms with Gasteiger partial charge in [0, 0.05) is 4.47 Å². The van der Waals surface area contributed by atoms with E-state index in [9.17, 15) is 9.59 Å². The van der Waals surface area contributed by atoms with Crippen molar-refractivity contribution in [2.24, 2.45) is 0 Å². The Kier molecular flexibility index (Phi) is 4.74. The van der Waals surface area contributed by atoms with E-state index in [1.54, 1.807) is 25.1 Å². The van der Waals surface area contributed by atoms with Gasteiger partial charge in [0.2, 0.25) is 5.91 Å². The number of benzene rings is 1. The number of hydrogen-bond acceptors (Lipinski definition) is 3. The Hall–Kier alpha value is -2.15. The Balaban J connectivity index is 1.93. The second-order valence-corrected chi connectivity index (χ2v) is 5.37. The largest absolute Gasteiger partial charge is 0.343 e. The van der Waals surface area contributed by atoms with E-state index in [4.69, 9.17) is 0 Å². The molecule has 0 radical (unpaired) electrons. The molecule has 0 atom stereocenters. The van der Waals surface area contributed by atoms with Crippen LogP contribution in [-0.4, -0.2) is 28.6 Å². The van der Waals surface area contributed by atoms with Gasteiger partial charge in [-0.3, -0.25) is 14.7 Å². The van der Waals surface area contributed by atoms with E-state index >= 15 is 0 Å². The van der Waals surface area contributed by atoms with Crippen molar-refractivity contribution in [3.8, 4) is 0 Å². The lowest BCUT2D eigenvalue weighted by Gasteiger charge is -2.08. The molecule has 1 heterocycles. The van der Waals surface area contributed by atoms with Crippen LogP contribution in [0, 0.1) is 13.8 Å². The summed E-state index contributed by atoms with van der Waals surface area (Å²) >= 11 is 3.30. The lowest BCUT2D eigenvalue weighted by atomic mass is 10.2. The molecule has 1 aromatic heterocycles. The van der Waals surface area contributed by atoms with Gasteiger partial charge in [-0.2, -0.15) is 5.10 Å². The van der Waals surface area contributed by atoms with Crippen molar-refractivity contribution in [2.45, 2.75) is 13.8 Å². The summed E-state index contributed by atoms with van der Waals surface area (Å²) in [4.78, 5) is 23.8. The minimum absolute atomic E-state index is 0.107. The summed E-state index contributed by atoms with van der Waals surface area (Å²) < 4.78 is 0.685. The summed E-state index contributed by atoms with van der Waals surface area (Å²) in [6.07, 6.45) is 0. The zero-order valence-corrected chi connectivity index (χ0v) is 13.2. The standard InChI is InChI=1S/C14H15BrN4O2/c1-8-13(9(2)19-18-8)17-12(20)7-16-14(21)10-5-3-4-6-11(10)15/h3-6H,7H2,1-2H3,(H,16,21)(H,17,20)(H,18,19). The summed E-state index contributed by atoms with van der Waals surface area (Å²) in [6.45, 7) is 3.50. The average molecular weight is 351 g/mol. The Labute approximate surface area is 130 Å². The molecular weight excluding hydrogens is 336 g/mol. The van der Waals surface area contributed by atoms with Gasteiger partial charge in [0.1, 0.15) is 0 Å². The van der Waals surface area contributed by atoms with Crippen LogP contribution in [0.3, 0.4) is 0 Å².